The zero-order valence-corrected chi connectivity index (χ0v) is 12.0. The third kappa shape index (κ3) is 6.22. The highest BCUT2D eigenvalue weighted by Gasteiger charge is 2.34. The third-order valence-electron chi connectivity index (χ3n) is 3.42. The third-order valence-corrected chi connectivity index (χ3v) is 3.42. The molecule has 0 saturated carbocycles. The molecule has 1 aromatic carbocycles. The Hall–Kier alpha value is -1.47. The molecular weight excluding hydrogens is 277 g/mol. The van der Waals surface area contributed by atoms with E-state index >= 15 is 0 Å². The van der Waals surface area contributed by atoms with Gasteiger partial charge >= 0.3 is 6.18 Å². The Morgan fingerprint density at radius 1 is 1.05 bits per heavy atom. The van der Waals surface area contributed by atoms with E-state index in [9.17, 15) is 18.3 Å². The van der Waals surface area contributed by atoms with Crippen LogP contribution in [-0.4, -0.2) is 5.11 Å². The van der Waals surface area contributed by atoms with Gasteiger partial charge in [0.15, 0.2) is 0 Å². The van der Waals surface area contributed by atoms with Gasteiger partial charge in [0.1, 0.15) is 0 Å². The van der Waals surface area contributed by atoms with Crippen molar-refractivity contribution in [2.45, 2.75) is 57.2 Å². The molecule has 1 unspecified atom stereocenters. The molecule has 1 atom stereocenters. The van der Waals surface area contributed by atoms with Crippen molar-refractivity contribution in [3.63, 3.8) is 0 Å². The molecule has 0 aliphatic rings. The number of benzene rings is 1. The molecule has 116 valence electrons. The van der Waals surface area contributed by atoms with Crippen LogP contribution in [0, 0.1) is 12.3 Å². The van der Waals surface area contributed by atoms with Gasteiger partial charge in [-0.2, -0.15) is 13.2 Å². The Kier molecular flexibility index (Phi) is 7.31. The lowest BCUT2D eigenvalue weighted by molar-refractivity contribution is -0.139. The average molecular weight is 298 g/mol. The number of aliphatic hydroxyl groups excluding tert-OH is 1. The minimum absolute atomic E-state index is 0.0302. The minimum atomic E-state index is -4.42. The van der Waals surface area contributed by atoms with Crippen molar-refractivity contribution in [2.24, 2.45) is 0 Å². The zero-order valence-electron chi connectivity index (χ0n) is 12.0. The highest BCUT2D eigenvalue weighted by atomic mass is 19.4. The van der Waals surface area contributed by atoms with Crippen LogP contribution in [0.5, 0.6) is 0 Å². The molecule has 0 saturated heterocycles. The van der Waals surface area contributed by atoms with Crippen molar-refractivity contribution >= 4 is 0 Å². The quantitative estimate of drug-likeness (QED) is 0.523. The van der Waals surface area contributed by atoms with E-state index in [2.05, 4.69) is 5.92 Å². The van der Waals surface area contributed by atoms with Gasteiger partial charge in [0, 0.05) is 6.42 Å². The maximum absolute atomic E-state index is 12.8. The van der Waals surface area contributed by atoms with Crippen LogP contribution < -0.4 is 0 Å². The van der Waals surface area contributed by atoms with Crippen molar-refractivity contribution in [1.82, 2.24) is 0 Å². The first-order valence-corrected chi connectivity index (χ1v) is 7.24. The highest BCUT2D eigenvalue weighted by molar-refractivity contribution is 5.31. The fraction of sp³-hybridized carbons (Fsp3) is 0.529. The molecule has 1 N–H and O–H groups in total. The topological polar surface area (TPSA) is 20.2 Å². The fourth-order valence-electron chi connectivity index (χ4n) is 2.30. The summed E-state index contributed by atoms with van der Waals surface area (Å²) in [5, 5.41) is 9.98. The van der Waals surface area contributed by atoms with Gasteiger partial charge in [-0.1, -0.05) is 43.9 Å². The van der Waals surface area contributed by atoms with E-state index in [4.69, 9.17) is 6.42 Å². The van der Waals surface area contributed by atoms with Crippen LogP contribution >= 0.6 is 0 Å². The van der Waals surface area contributed by atoms with E-state index in [0.29, 0.717) is 12.8 Å². The fourth-order valence-corrected chi connectivity index (χ4v) is 2.30. The standard InChI is InChI=1S/C17H21F3O/c1-2-3-4-5-6-7-8-13-16(21)14-11-9-10-12-15(14)17(18,19)20/h1,9-12,16,21H,3-8,13H2. The molecule has 0 bridgehead atoms. The molecule has 0 radical (unpaired) electrons. The first-order chi connectivity index (χ1) is 9.96. The Bertz CT molecular complexity index is 460. The number of alkyl halides is 3. The predicted molar refractivity (Wildman–Crippen MR) is 77.6 cm³/mol. The number of rotatable bonds is 8. The average Bonchev–Trinajstić information content (AvgIpc) is 2.45. The molecule has 0 fully saturated rings. The van der Waals surface area contributed by atoms with E-state index in [1.165, 1.54) is 18.2 Å². The van der Waals surface area contributed by atoms with Crippen molar-refractivity contribution in [3.05, 3.63) is 35.4 Å². The summed E-state index contributed by atoms with van der Waals surface area (Å²) in [4.78, 5) is 0. The summed E-state index contributed by atoms with van der Waals surface area (Å²) in [5.41, 5.74) is -0.774. The number of aliphatic hydroxyl groups is 1. The van der Waals surface area contributed by atoms with E-state index in [0.717, 1.165) is 38.2 Å². The second kappa shape index (κ2) is 8.74. The first-order valence-electron chi connectivity index (χ1n) is 7.24. The van der Waals surface area contributed by atoms with Gasteiger partial charge < -0.3 is 5.11 Å². The van der Waals surface area contributed by atoms with Gasteiger partial charge in [-0.25, -0.2) is 0 Å². The smallest absolute Gasteiger partial charge is 0.388 e. The summed E-state index contributed by atoms with van der Waals surface area (Å²) < 4.78 is 38.5. The molecule has 1 nitrogen and oxygen atoms in total. The van der Waals surface area contributed by atoms with E-state index in [1.54, 1.807) is 0 Å². The number of unbranched alkanes of at least 4 members (excludes halogenated alkanes) is 5. The monoisotopic (exact) mass is 298 g/mol. The Morgan fingerprint density at radius 3 is 2.33 bits per heavy atom. The summed E-state index contributed by atoms with van der Waals surface area (Å²) in [6.07, 6.45) is 5.39. The van der Waals surface area contributed by atoms with E-state index in [-0.39, 0.29) is 5.56 Å². The van der Waals surface area contributed by atoms with Gasteiger partial charge in [0.05, 0.1) is 11.7 Å². The van der Waals surface area contributed by atoms with Crippen molar-refractivity contribution in [1.29, 1.82) is 0 Å². The van der Waals surface area contributed by atoms with Crippen LogP contribution in [0.2, 0.25) is 0 Å². The normalized spacial score (nSPS) is 12.9. The lowest BCUT2D eigenvalue weighted by Crippen LogP contribution is -2.12. The zero-order chi connectivity index (χ0) is 15.7. The molecule has 1 rings (SSSR count). The van der Waals surface area contributed by atoms with Crippen LogP contribution in [0.25, 0.3) is 0 Å². The van der Waals surface area contributed by atoms with Crippen LogP contribution in [0.4, 0.5) is 13.2 Å². The first kappa shape index (κ1) is 17.6. The number of terminal acetylenes is 1. The van der Waals surface area contributed by atoms with Crippen LogP contribution in [-0.2, 0) is 6.18 Å². The summed E-state index contributed by atoms with van der Waals surface area (Å²) in [6.45, 7) is 0. The van der Waals surface area contributed by atoms with E-state index in [1.807, 2.05) is 0 Å². The summed E-state index contributed by atoms with van der Waals surface area (Å²) in [7, 11) is 0. The summed E-state index contributed by atoms with van der Waals surface area (Å²) in [5.74, 6) is 2.57. The van der Waals surface area contributed by atoms with Crippen LogP contribution in [0.1, 0.15) is 62.2 Å². The maximum Gasteiger partial charge on any atom is 0.416 e. The van der Waals surface area contributed by atoms with Crippen molar-refractivity contribution < 1.29 is 18.3 Å². The number of halogens is 3. The SMILES string of the molecule is C#CCCCCCCCC(O)c1ccccc1C(F)(F)F. The Morgan fingerprint density at radius 2 is 1.67 bits per heavy atom. The van der Waals surface area contributed by atoms with E-state index < -0.39 is 17.8 Å². The van der Waals surface area contributed by atoms with Gasteiger partial charge in [-0.3, -0.25) is 0 Å². The largest absolute Gasteiger partial charge is 0.416 e. The summed E-state index contributed by atoms with van der Waals surface area (Å²) >= 11 is 0. The molecule has 1 aromatic rings. The van der Waals surface area contributed by atoms with Gasteiger partial charge in [-0.05, 0) is 24.5 Å². The number of hydrogen-bond acceptors (Lipinski definition) is 1. The van der Waals surface area contributed by atoms with Gasteiger partial charge in [0.25, 0.3) is 0 Å². The lowest BCUT2D eigenvalue weighted by atomic mass is 9.97. The molecule has 4 heteroatoms. The molecule has 0 aliphatic heterocycles. The molecule has 0 aromatic heterocycles. The van der Waals surface area contributed by atoms with Crippen LogP contribution in [0.15, 0.2) is 24.3 Å². The molecular formula is C17H21F3O. The van der Waals surface area contributed by atoms with Gasteiger partial charge in [0.2, 0.25) is 0 Å². The summed E-state index contributed by atoms with van der Waals surface area (Å²) in [6, 6.07) is 5.22. The number of hydrogen-bond donors (Lipinski definition) is 1. The van der Waals surface area contributed by atoms with Crippen molar-refractivity contribution in [3.8, 4) is 12.3 Å². The van der Waals surface area contributed by atoms with Crippen LogP contribution in [0.3, 0.4) is 0 Å². The maximum atomic E-state index is 12.8. The Balaban J connectivity index is 2.43. The lowest BCUT2D eigenvalue weighted by Gasteiger charge is -2.17. The Labute approximate surface area is 124 Å². The molecule has 0 aliphatic carbocycles. The molecule has 0 amide bonds. The second-order valence-corrected chi connectivity index (χ2v) is 5.11. The van der Waals surface area contributed by atoms with Gasteiger partial charge in [-0.15, -0.1) is 12.3 Å². The highest BCUT2D eigenvalue weighted by Crippen LogP contribution is 2.35. The predicted octanol–water partition coefficient (Wildman–Crippen LogP) is 5.10. The minimum Gasteiger partial charge on any atom is -0.388 e. The second-order valence-electron chi connectivity index (χ2n) is 5.11. The molecule has 0 spiro atoms. The molecule has 0 heterocycles. The van der Waals surface area contributed by atoms with Crippen molar-refractivity contribution in [2.75, 3.05) is 0 Å². The molecule has 21 heavy (non-hydrogen) atoms.